The van der Waals surface area contributed by atoms with Crippen LogP contribution in [0.25, 0.3) is 0 Å². The first kappa shape index (κ1) is 23.6. The molecule has 0 aromatic heterocycles. The van der Waals surface area contributed by atoms with Gasteiger partial charge in [0.2, 0.25) is 5.36 Å². The summed E-state index contributed by atoms with van der Waals surface area (Å²) in [5, 5.41) is 2.58. The molecule has 0 saturated carbocycles. The van der Waals surface area contributed by atoms with Gasteiger partial charge in [0.05, 0.1) is 12.5 Å². The first-order valence-corrected chi connectivity index (χ1v) is 13.3. The molecule has 4 aliphatic heterocycles. The van der Waals surface area contributed by atoms with Crippen molar-refractivity contribution in [2.75, 3.05) is 31.1 Å². The average molecular weight is 504 g/mol. The van der Waals surface area contributed by atoms with Crippen LogP contribution < -0.4 is 24.9 Å². The number of anilines is 1. The lowest BCUT2D eigenvalue weighted by Crippen LogP contribution is -2.39. The van der Waals surface area contributed by atoms with Crippen molar-refractivity contribution in [3.63, 3.8) is 0 Å². The number of ether oxygens (including phenoxy) is 1. The molecular weight excluding hydrogens is 472 g/mol. The highest BCUT2D eigenvalue weighted by Crippen LogP contribution is 2.41. The number of amides is 2. The van der Waals surface area contributed by atoms with Gasteiger partial charge in [-0.2, -0.15) is 0 Å². The van der Waals surface area contributed by atoms with Gasteiger partial charge in [0, 0.05) is 56.1 Å². The van der Waals surface area contributed by atoms with E-state index in [-0.39, 0.29) is 19.3 Å². The van der Waals surface area contributed by atoms with Gasteiger partial charge in [-0.05, 0) is 43.9 Å². The summed E-state index contributed by atoms with van der Waals surface area (Å²) in [6.45, 7) is 5.77. The molecule has 4 heterocycles. The lowest BCUT2D eigenvalue weighted by molar-refractivity contribution is -0.197. The van der Waals surface area contributed by atoms with Gasteiger partial charge in [0.25, 0.3) is 11.8 Å². The fraction of sp³-hybridized carbons (Fsp3) is 0.464. The Kier molecular flexibility index (Phi) is 6.14. The third-order valence-corrected chi connectivity index (χ3v) is 7.60. The number of nitrogens with zero attached hydrogens (tertiary/aromatic N) is 4. The number of hydrogen-bond acceptors (Lipinski definition) is 7. The zero-order valence-corrected chi connectivity index (χ0v) is 21.1. The Hall–Kier alpha value is -3.75. The largest absolute Gasteiger partial charge is 0.452 e. The summed E-state index contributed by atoms with van der Waals surface area (Å²) in [6, 6.07) is 8.53. The van der Waals surface area contributed by atoms with Crippen LogP contribution in [0.5, 0.6) is 11.5 Å². The molecule has 1 saturated heterocycles. The summed E-state index contributed by atoms with van der Waals surface area (Å²) < 4.78 is 8.66. The van der Waals surface area contributed by atoms with E-state index < -0.39 is 17.8 Å². The molecule has 2 aromatic carbocycles. The zero-order chi connectivity index (χ0) is 25.5. The van der Waals surface area contributed by atoms with Gasteiger partial charge in [0.15, 0.2) is 11.5 Å². The quantitative estimate of drug-likeness (QED) is 0.379. The Morgan fingerprint density at radius 3 is 2.65 bits per heavy atom. The van der Waals surface area contributed by atoms with E-state index >= 15 is 0 Å². The summed E-state index contributed by atoms with van der Waals surface area (Å²) in [4.78, 5) is 47.9. The molecule has 2 amide bonds. The normalized spacial score (nSPS) is 17.9. The Bertz CT molecular complexity index is 1420. The fourth-order valence-electron chi connectivity index (χ4n) is 5.72. The van der Waals surface area contributed by atoms with Crippen LogP contribution in [0.2, 0.25) is 0 Å². The second kappa shape index (κ2) is 9.61. The number of rotatable bonds is 6. The molecule has 9 heteroatoms. The monoisotopic (exact) mass is 503 g/mol. The van der Waals surface area contributed by atoms with Crippen molar-refractivity contribution in [3.8, 4) is 11.5 Å². The third-order valence-electron chi connectivity index (χ3n) is 7.60. The van der Waals surface area contributed by atoms with Crippen molar-refractivity contribution in [2.24, 2.45) is 4.99 Å². The highest BCUT2D eigenvalue weighted by Gasteiger charge is 2.33. The highest BCUT2D eigenvalue weighted by atomic mass is 16.7. The molecule has 37 heavy (non-hydrogen) atoms. The van der Waals surface area contributed by atoms with Crippen molar-refractivity contribution in [1.29, 1.82) is 0 Å². The Morgan fingerprint density at radius 1 is 1.03 bits per heavy atom. The molecule has 0 bridgehead atoms. The van der Waals surface area contributed by atoms with Crippen molar-refractivity contribution >= 4 is 29.2 Å². The lowest BCUT2D eigenvalue weighted by Gasteiger charge is -2.31. The van der Waals surface area contributed by atoms with Crippen molar-refractivity contribution in [1.82, 2.24) is 9.64 Å². The van der Waals surface area contributed by atoms with E-state index in [1.165, 1.54) is 16.8 Å². The first-order valence-electron chi connectivity index (χ1n) is 13.3. The van der Waals surface area contributed by atoms with E-state index in [9.17, 15) is 14.4 Å². The van der Waals surface area contributed by atoms with Gasteiger partial charge < -0.3 is 14.5 Å². The van der Waals surface area contributed by atoms with Crippen LogP contribution >= 0.6 is 0 Å². The number of fused-ring (bicyclic) bond motifs is 4. The zero-order valence-electron chi connectivity index (χ0n) is 21.1. The van der Waals surface area contributed by atoms with Gasteiger partial charge in [-0.3, -0.25) is 9.59 Å². The van der Waals surface area contributed by atoms with E-state index in [1.807, 2.05) is 0 Å². The van der Waals surface area contributed by atoms with Gasteiger partial charge in [-0.15, -0.1) is 5.06 Å². The molecule has 0 atom stereocenters. The van der Waals surface area contributed by atoms with E-state index in [4.69, 9.17) is 14.6 Å². The van der Waals surface area contributed by atoms with Crippen LogP contribution in [0.1, 0.15) is 56.6 Å². The summed E-state index contributed by atoms with van der Waals surface area (Å²) in [7, 11) is 0. The van der Waals surface area contributed by atoms with Crippen LogP contribution in [0, 0.1) is 0 Å². The highest BCUT2D eigenvalue weighted by molar-refractivity contribution is 6.01. The minimum atomic E-state index is -0.561. The van der Waals surface area contributed by atoms with Gasteiger partial charge in [-0.25, -0.2) is 14.4 Å². The van der Waals surface area contributed by atoms with Crippen LogP contribution in [-0.4, -0.2) is 49.0 Å². The van der Waals surface area contributed by atoms with E-state index in [2.05, 4.69) is 40.7 Å². The van der Waals surface area contributed by atoms with Crippen LogP contribution in [0.4, 0.5) is 11.4 Å². The van der Waals surface area contributed by atoms with Gasteiger partial charge in [0.1, 0.15) is 24.1 Å². The Morgan fingerprint density at radius 2 is 1.84 bits per heavy atom. The maximum Gasteiger partial charge on any atom is 0.333 e. The van der Waals surface area contributed by atoms with E-state index in [0.29, 0.717) is 18.0 Å². The molecule has 2 aromatic rings. The molecule has 0 radical (unpaired) electrons. The molecule has 9 nitrogen and oxygen atoms in total. The molecular formula is C28H31N4O5+. The topological polar surface area (TPSA) is 91.5 Å². The molecule has 0 spiro atoms. The summed E-state index contributed by atoms with van der Waals surface area (Å²) in [5.74, 6) is 0.0746. The van der Waals surface area contributed by atoms with Gasteiger partial charge in [-0.1, -0.05) is 0 Å². The maximum atomic E-state index is 12.2. The minimum Gasteiger partial charge on any atom is -0.452 e. The molecule has 192 valence electrons. The molecule has 6 rings (SSSR count). The number of hydrogen-bond donors (Lipinski definition) is 0. The standard InChI is InChI=1S/C28H31N4O5/c1-2-30-11-3-6-18-14-20-24(16-22(18)30)36-25-17-23-19(15-21(25)29-20)7-4-12-31(23)13-5-8-28(35)37-32-26(33)9-10-27(32)34/h14-17H,2-13H2,1H3/q+1. The first-order chi connectivity index (χ1) is 18.0. The molecule has 0 aliphatic carbocycles. The van der Waals surface area contributed by atoms with Gasteiger partial charge >= 0.3 is 5.97 Å². The third kappa shape index (κ3) is 4.47. The smallest absolute Gasteiger partial charge is 0.333 e. The van der Waals surface area contributed by atoms with Crippen LogP contribution in [-0.2, 0) is 32.1 Å². The van der Waals surface area contributed by atoms with Crippen molar-refractivity contribution < 1.29 is 24.0 Å². The summed E-state index contributed by atoms with van der Waals surface area (Å²) in [5.41, 5.74) is 4.70. The summed E-state index contributed by atoms with van der Waals surface area (Å²) >= 11 is 0. The second-order valence-electron chi connectivity index (χ2n) is 10.0. The molecule has 0 unspecified atom stereocenters. The Labute approximate surface area is 214 Å². The van der Waals surface area contributed by atoms with Crippen molar-refractivity contribution in [2.45, 2.75) is 58.3 Å². The predicted molar refractivity (Wildman–Crippen MR) is 135 cm³/mol. The van der Waals surface area contributed by atoms with E-state index in [1.54, 1.807) is 0 Å². The predicted octanol–water partition coefficient (Wildman–Crippen LogP) is 2.34. The number of benzene rings is 2. The molecule has 1 fully saturated rings. The second-order valence-corrected chi connectivity index (χ2v) is 10.0. The molecule has 4 aliphatic rings. The number of hydroxylamine groups is 2. The van der Waals surface area contributed by atoms with Crippen LogP contribution in [0.3, 0.4) is 0 Å². The lowest BCUT2D eigenvalue weighted by atomic mass is 10.00. The number of aryl methyl sites for hydroxylation is 2. The Balaban J connectivity index is 1.22. The van der Waals surface area contributed by atoms with E-state index in [0.717, 1.165) is 73.2 Å². The fourth-order valence-corrected chi connectivity index (χ4v) is 5.72. The number of carbonyl (C=O) groups excluding carboxylic acids is 3. The summed E-state index contributed by atoms with van der Waals surface area (Å²) in [6.07, 6.45) is 5.09. The number of carbonyl (C=O) groups is 3. The molecule has 0 N–H and O–H groups in total. The minimum absolute atomic E-state index is 0.0964. The SMILES string of the molecule is CCN1CCCc2cc3c(cc21)Oc1cc2c(cc1=N3)CCC[N+]=2CCCC(=O)ON1C(=O)CCC1=O. The number of imide groups is 1. The van der Waals surface area contributed by atoms with Crippen LogP contribution in [0.15, 0.2) is 29.3 Å². The average Bonchev–Trinajstić information content (AvgIpc) is 3.21. The maximum absolute atomic E-state index is 12.2. The van der Waals surface area contributed by atoms with Crippen molar-refractivity contribution in [3.05, 3.63) is 46.1 Å².